The maximum Gasteiger partial charge on any atom is 0.335 e. The van der Waals surface area contributed by atoms with E-state index in [1.807, 2.05) is 6.07 Å². The van der Waals surface area contributed by atoms with Crippen LogP contribution in [0.2, 0.25) is 0 Å². The van der Waals surface area contributed by atoms with Gasteiger partial charge in [-0.1, -0.05) is 24.3 Å². The fraction of sp³-hybridized carbons (Fsp3) is 0.414. The number of aromatic nitrogens is 3. The molecule has 0 aliphatic carbocycles. The van der Waals surface area contributed by atoms with Crippen LogP contribution in [0.25, 0.3) is 20.5 Å². The summed E-state index contributed by atoms with van der Waals surface area (Å²) in [6.07, 6.45) is 7.73. The topological polar surface area (TPSA) is 69.4 Å². The van der Waals surface area contributed by atoms with Crippen molar-refractivity contribution in [2.45, 2.75) is 51.1 Å². The molecule has 8 heteroatoms. The Balaban J connectivity index is 1.34. The average molecular weight is 517 g/mol. The molecule has 192 valence electrons. The molecule has 0 N–H and O–H groups in total. The van der Waals surface area contributed by atoms with E-state index < -0.39 is 12.0 Å². The third-order valence-corrected chi connectivity index (χ3v) is 9.02. The van der Waals surface area contributed by atoms with Crippen molar-refractivity contribution in [2.75, 3.05) is 26.7 Å². The first-order valence-corrected chi connectivity index (χ1v) is 14.0. The van der Waals surface area contributed by atoms with Gasteiger partial charge in [0.1, 0.15) is 4.70 Å². The van der Waals surface area contributed by atoms with E-state index in [0.29, 0.717) is 16.3 Å². The van der Waals surface area contributed by atoms with Crippen LogP contribution in [-0.4, -0.2) is 51.7 Å². The van der Waals surface area contributed by atoms with Crippen molar-refractivity contribution >= 4 is 27.4 Å². The molecular formula is C29H32N4O3S. The molecule has 2 aliphatic heterocycles. The predicted octanol–water partition coefficient (Wildman–Crippen LogP) is 4.83. The lowest BCUT2D eigenvalue weighted by Crippen LogP contribution is -2.32. The first kappa shape index (κ1) is 24.1. The number of esters is 1. The molecule has 1 unspecified atom stereocenters. The molecule has 5 heterocycles. The maximum atomic E-state index is 13.7. The molecule has 2 aliphatic rings. The van der Waals surface area contributed by atoms with Gasteiger partial charge in [0.25, 0.3) is 5.56 Å². The highest BCUT2D eigenvalue weighted by molar-refractivity contribution is 7.22. The highest BCUT2D eigenvalue weighted by Gasteiger charge is 2.32. The molecule has 37 heavy (non-hydrogen) atoms. The minimum atomic E-state index is -0.884. The fourth-order valence-corrected chi connectivity index (χ4v) is 6.86. The van der Waals surface area contributed by atoms with Gasteiger partial charge in [-0.2, -0.15) is 0 Å². The Morgan fingerprint density at radius 1 is 1.16 bits per heavy atom. The van der Waals surface area contributed by atoms with E-state index in [9.17, 15) is 9.59 Å². The van der Waals surface area contributed by atoms with E-state index in [2.05, 4.69) is 51.8 Å². The van der Waals surface area contributed by atoms with E-state index in [1.165, 1.54) is 34.3 Å². The number of carbonyl (C=O) groups is 1. The minimum Gasteiger partial charge on any atom is -0.464 e. The van der Waals surface area contributed by atoms with E-state index in [1.54, 1.807) is 19.4 Å². The number of nitrogens with zero attached hydrogens (tertiary/aromatic N) is 4. The first-order valence-electron chi connectivity index (χ1n) is 13.2. The van der Waals surface area contributed by atoms with Gasteiger partial charge >= 0.3 is 5.97 Å². The maximum absolute atomic E-state index is 13.7. The summed E-state index contributed by atoms with van der Waals surface area (Å²) >= 11 is 1.48. The number of aryl methyl sites for hydroxylation is 1. The molecule has 1 fully saturated rings. The van der Waals surface area contributed by atoms with Crippen LogP contribution in [0.4, 0.5) is 0 Å². The number of thiophene rings is 1. The summed E-state index contributed by atoms with van der Waals surface area (Å²) in [5.74, 6) is 0.169. The zero-order valence-electron chi connectivity index (χ0n) is 21.4. The third-order valence-electron chi connectivity index (χ3n) is 7.83. The summed E-state index contributed by atoms with van der Waals surface area (Å²) in [7, 11) is 2.19. The molecule has 0 amide bonds. The Bertz CT molecular complexity index is 1490. The quantitative estimate of drug-likeness (QED) is 0.343. The van der Waals surface area contributed by atoms with Gasteiger partial charge in [-0.3, -0.25) is 9.36 Å². The summed E-state index contributed by atoms with van der Waals surface area (Å²) in [6, 6.07) is 11.9. The number of hydrogen-bond acceptors (Lipinski definition) is 6. The van der Waals surface area contributed by atoms with Gasteiger partial charge in [-0.25, -0.2) is 9.78 Å². The van der Waals surface area contributed by atoms with Crippen LogP contribution in [0.5, 0.6) is 0 Å². The van der Waals surface area contributed by atoms with Crippen molar-refractivity contribution in [1.82, 2.24) is 19.0 Å². The number of hydrogen-bond donors (Lipinski definition) is 0. The van der Waals surface area contributed by atoms with Crippen molar-refractivity contribution in [3.63, 3.8) is 0 Å². The summed E-state index contributed by atoms with van der Waals surface area (Å²) < 4.78 is 9.62. The lowest BCUT2D eigenvalue weighted by Gasteiger charge is -2.29. The number of ether oxygens (including phenoxy) is 1. The average Bonchev–Trinajstić information content (AvgIpc) is 3.64. The molecule has 0 bridgehead atoms. The van der Waals surface area contributed by atoms with E-state index in [4.69, 9.17) is 4.74 Å². The van der Waals surface area contributed by atoms with Gasteiger partial charge in [0.2, 0.25) is 0 Å². The Morgan fingerprint density at radius 2 is 1.95 bits per heavy atom. The van der Waals surface area contributed by atoms with Gasteiger partial charge < -0.3 is 14.2 Å². The number of piperidine rings is 1. The van der Waals surface area contributed by atoms with Crippen molar-refractivity contribution < 1.29 is 9.53 Å². The fourth-order valence-electron chi connectivity index (χ4n) is 5.76. The number of pyridine rings is 1. The molecule has 6 rings (SSSR count). The van der Waals surface area contributed by atoms with Crippen molar-refractivity contribution in [3.8, 4) is 10.4 Å². The zero-order chi connectivity index (χ0) is 25.5. The van der Waals surface area contributed by atoms with Crippen LogP contribution in [0.3, 0.4) is 0 Å². The number of likely N-dealkylation sites (tertiary alicyclic amines) is 1. The molecule has 7 nitrogen and oxygen atoms in total. The molecular weight excluding hydrogens is 484 g/mol. The Kier molecular flexibility index (Phi) is 6.46. The molecule has 1 atom stereocenters. The molecule has 4 aromatic rings. The molecule has 3 aromatic heterocycles. The van der Waals surface area contributed by atoms with Gasteiger partial charge in [0, 0.05) is 28.7 Å². The van der Waals surface area contributed by atoms with Crippen LogP contribution >= 0.6 is 11.3 Å². The lowest BCUT2D eigenvalue weighted by atomic mass is 9.89. The van der Waals surface area contributed by atoms with Crippen LogP contribution in [0, 0.1) is 0 Å². The summed E-state index contributed by atoms with van der Waals surface area (Å²) in [4.78, 5) is 34.8. The van der Waals surface area contributed by atoms with Gasteiger partial charge in [0.05, 0.1) is 18.6 Å². The second-order valence-electron chi connectivity index (χ2n) is 10.2. The van der Waals surface area contributed by atoms with Crippen LogP contribution in [0.15, 0.2) is 53.7 Å². The highest BCUT2D eigenvalue weighted by atomic mass is 32.1. The molecule has 0 radical (unpaired) electrons. The third kappa shape index (κ3) is 4.42. The second-order valence-corrected chi connectivity index (χ2v) is 11.2. The minimum absolute atomic E-state index is 0.186. The smallest absolute Gasteiger partial charge is 0.335 e. The number of carbonyl (C=O) groups excluding carboxylic acids is 1. The molecule has 1 saturated heterocycles. The van der Waals surface area contributed by atoms with Gasteiger partial charge in [-0.05, 0) is 81.9 Å². The van der Waals surface area contributed by atoms with Crippen molar-refractivity contribution in [3.05, 3.63) is 76.2 Å². The van der Waals surface area contributed by atoms with E-state index in [-0.39, 0.29) is 12.2 Å². The first-order chi connectivity index (χ1) is 18.0. The van der Waals surface area contributed by atoms with Crippen LogP contribution in [0.1, 0.15) is 55.1 Å². The van der Waals surface area contributed by atoms with Crippen molar-refractivity contribution in [2.24, 2.45) is 0 Å². The van der Waals surface area contributed by atoms with Crippen molar-refractivity contribution in [1.29, 1.82) is 0 Å². The Hall–Kier alpha value is -3.23. The number of imidazole rings is 1. The van der Waals surface area contributed by atoms with Crippen LogP contribution in [-0.2, 0) is 22.5 Å². The summed E-state index contributed by atoms with van der Waals surface area (Å²) in [6.45, 7) is 5.20. The molecule has 0 spiro atoms. The monoisotopic (exact) mass is 516 g/mol. The number of rotatable bonds is 6. The predicted molar refractivity (Wildman–Crippen MR) is 146 cm³/mol. The van der Waals surface area contributed by atoms with E-state index in [0.717, 1.165) is 54.0 Å². The summed E-state index contributed by atoms with van der Waals surface area (Å²) in [5, 5.41) is 0.887. The standard InChI is InChI=1S/C29H32N4O3S/c1-3-36-29(35)26(25-23-5-4-13-32(23)18-30-25)33-16-12-22-17-24(37-27(22)28(33)34)21-8-6-19(7-9-21)20-10-14-31(2)15-11-20/h6-9,12,16-18,20,26H,3-5,10-11,13-15H2,1-2H3. The van der Waals surface area contributed by atoms with Gasteiger partial charge in [0.15, 0.2) is 6.04 Å². The zero-order valence-corrected chi connectivity index (χ0v) is 22.2. The lowest BCUT2D eigenvalue weighted by molar-refractivity contribution is -0.145. The summed E-state index contributed by atoms with van der Waals surface area (Å²) in [5.41, 5.74) is 3.96. The Labute approximate surface area is 220 Å². The van der Waals surface area contributed by atoms with Crippen LogP contribution < -0.4 is 5.56 Å². The molecule has 0 saturated carbocycles. The number of fused-ring (bicyclic) bond motifs is 2. The van der Waals surface area contributed by atoms with E-state index >= 15 is 0 Å². The van der Waals surface area contributed by atoms with Gasteiger partial charge in [-0.15, -0.1) is 11.3 Å². The Morgan fingerprint density at radius 3 is 2.70 bits per heavy atom. The molecule has 1 aromatic carbocycles. The number of benzene rings is 1. The second kappa shape index (κ2) is 9.91. The SMILES string of the molecule is CCOC(=O)C(c1ncn2c1CCC2)n1ccc2cc(-c3ccc(C4CCN(C)CC4)cc3)sc2c1=O. The highest BCUT2D eigenvalue weighted by Crippen LogP contribution is 2.35. The normalized spacial score (nSPS) is 17.2. The largest absolute Gasteiger partial charge is 0.464 e.